The molecule has 1 aliphatic heterocycles. The number of nitrogens with one attached hydrogen (secondary N) is 1. The van der Waals surface area contributed by atoms with E-state index in [1.165, 1.54) is 26.4 Å². The Morgan fingerprint density at radius 3 is 2.52 bits per heavy atom. The average molecular weight is 471 g/mol. The van der Waals surface area contributed by atoms with E-state index in [-0.39, 0.29) is 29.5 Å². The van der Waals surface area contributed by atoms with E-state index in [1.807, 2.05) is 11.5 Å². The average Bonchev–Trinajstić information content (AvgIpc) is 3.11. The summed E-state index contributed by atoms with van der Waals surface area (Å²) in [7, 11) is -2.50. The predicted octanol–water partition coefficient (Wildman–Crippen LogP) is 2.99. The minimum Gasteiger partial charge on any atom is -0.372 e. The van der Waals surface area contributed by atoms with Crippen LogP contribution in [-0.4, -0.2) is 51.6 Å². The van der Waals surface area contributed by atoms with Crippen LogP contribution >= 0.6 is 11.6 Å². The fourth-order valence-corrected chi connectivity index (χ4v) is 5.09. The minimum atomic E-state index is -3.91. The maximum atomic E-state index is 13.2. The maximum Gasteiger partial charge on any atom is 0.240 e. The molecule has 4 atom stereocenters. The van der Waals surface area contributed by atoms with Gasteiger partial charge >= 0.3 is 0 Å². The van der Waals surface area contributed by atoms with Gasteiger partial charge in [0.1, 0.15) is 17.5 Å². The topological polar surface area (TPSA) is 121 Å². The highest BCUT2D eigenvalue weighted by atomic mass is 35.5. The fraction of sp³-hybridized carbons (Fsp3) is 0.684. The number of rotatable bonds is 8. The molecule has 4 rings (SSSR count). The number of sulfonamides is 1. The zero-order valence-corrected chi connectivity index (χ0v) is 19.5. The van der Waals surface area contributed by atoms with Crippen LogP contribution in [0.2, 0.25) is 5.02 Å². The van der Waals surface area contributed by atoms with Crippen LogP contribution in [0, 0.1) is 0 Å². The molecule has 10 nitrogen and oxygen atoms in total. The van der Waals surface area contributed by atoms with Gasteiger partial charge in [0.15, 0.2) is 11.6 Å². The lowest BCUT2D eigenvalue weighted by atomic mass is 10.2. The lowest BCUT2D eigenvalue weighted by Crippen LogP contribution is -2.34. The summed E-state index contributed by atoms with van der Waals surface area (Å²) in [6, 6.07) is 0. The molecule has 2 aromatic rings. The molecule has 0 bridgehead atoms. The Morgan fingerprint density at radius 1 is 1.29 bits per heavy atom. The normalized spacial score (nSPS) is 24.7. The van der Waals surface area contributed by atoms with Crippen LogP contribution in [-0.2, 0) is 25.0 Å². The van der Waals surface area contributed by atoms with Crippen molar-refractivity contribution in [2.75, 3.05) is 11.8 Å². The van der Waals surface area contributed by atoms with Crippen LogP contribution in [0.4, 0.5) is 5.95 Å². The highest BCUT2D eigenvalue weighted by Gasteiger charge is 2.46. The molecule has 12 heteroatoms. The van der Waals surface area contributed by atoms with Gasteiger partial charge in [-0.3, -0.25) is 9.29 Å². The summed E-state index contributed by atoms with van der Waals surface area (Å²) in [6.07, 6.45) is 5.48. The molecule has 0 amide bonds. The van der Waals surface area contributed by atoms with Crippen LogP contribution in [0.25, 0.3) is 0 Å². The molecule has 31 heavy (non-hydrogen) atoms. The number of methoxy groups -OCH3 is 1. The molecule has 170 valence electrons. The van der Waals surface area contributed by atoms with E-state index in [4.69, 9.17) is 21.1 Å². The van der Waals surface area contributed by atoms with E-state index in [2.05, 4.69) is 31.8 Å². The first-order valence-corrected chi connectivity index (χ1v) is 12.2. The quantitative estimate of drug-likeness (QED) is 0.624. The minimum absolute atomic E-state index is 0.143. The van der Waals surface area contributed by atoms with E-state index >= 15 is 0 Å². The standard InChI is InChI=1S/C19H27ClN6O4S/c1-11-5-6-14(30-11)17-23-24-18(26(17)19(3)7-8-19)25-31(27,28)12(2)15(29-4)16-21-9-13(20)10-22-16/h9-12,14-15H,5-8H2,1-4H3,(H,24,25)/t11-,12+,14-,15+/m1/s1. The van der Waals surface area contributed by atoms with Crippen molar-refractivity contribution in [2.45, 2.75) is 75.6 Å². The van der Waals surface area contributed by atoms with Crippen molar-refractivity contribution in [3.63, 3.8) is 0 Å². The van der Waals surface area contributed by atoms with Gasteiger partial charge in [-0.25, -0.2) is 18.4 Å². The Balaban J connectivity index is 1.62. The first-order valence-electron chi connectivity index (χ1n) is 10.3. The van der Waals surface area contributed by atoms with Gasteiger partial charge in [0.25, 0.3) is 0 Å². The molecule has 0 radical (unpaired) electrons. The highest BCUT2D eigenvalue weighted by molar-refractivity contribution is 7.93. The number of ether oxygens (including phenoxy) is 2. The molecule has 0 unspecified atom stereocenters. The molecule has 1 saturated heterocycles. The first-order chi connectivity index (χ1) is 14.6. The molecule has 0 spiro atoms. The van der Waals surface area contributed by atoms with E-state index in [0.29, 0.717) is 10.8 Å². The third kappa shape index (κ3) is 4.41. The summed E-state index contributed by atoms with van der Waals surface area (Å²) >= 11 is 5.84. The fourth-order valence-electron chi connectivity index (χ4n) is 3.86. The Morgan fingerprint density at radius 2 is 1.97 bits per heavy atom. The van der Waals surface area contributed by atoms with E-state index in [0.717, 1.165) is 25.7 Å². The number of hydrogen-bond donors (Lipinski definition) is 1. The summed E-state index contributed by atoms with van der Waals surface area (Å²) in [5, 5.41) is 7.85. The number of hydrogen-bond acceptors (Lipinski definition) is 8. The highest BCUT2D eigenvalue weighted by Crippen LogP contribution is 2.47. The third-order valence-corrected chi connectivity index (χ3v) is 7.91. The monoisotopic (exact) mass is 470 g/mol. The molecule has 2 aromatic heterocycles. The molecule has 2 aliphatic rings. The van der Waals surface area contributed by atoms with Crippen LogP contribution in [0.5, 0.6) is 0 Å². The number of anilines is 1. The van der Waals surface area contributed by atoms with E-state index in [9.17, 15) is 8.42 Å². The number of nitrogens with zero attached hydrogens (tertiary/aromatic N) is 5. The van der Waals surface area contributed by atoms with Crippen molar-refractivity contribution in [3.05, 3.63) is 29.1 Å². The van der Waals surface area contributed by atoms with Crippen molar-refractivity contribution in [1.82, 2.24) is 24.7 Å². The van der Waals surface area contributed by atoms with E-state index in [1.54, 1.807) is 0 Å². The maximum absolute atomic E-state index is 13.2. The third-order valence-electron chi connectivity index (χ3n) is 6.02. The second kappa shape index (κ2) is 8.27. The van der Waals surface area contributed by atoms with E-state index < -0.39 is 21.4 Å². The summed E-state index contributed by atoms with van der Waals surface area (Å²) in [6.45, 7) is 5.63. The SMILES string of the molecule is CO[C@H](c1ncc(Cl)cn1)[C@H](C)S(=O)(=O)Nc1nnc([C@H]2CC[C@@H](C)O2)n1C1(C)CC1. The second-order valence-electron chi connectivity index (χ2n) is 8.49. The van der Waals surface area contributed by atoms with Gasteiger partial charge < -0.3 is 9.47 Å². The van der Waals surface area contributed by atoms with Gasteiger partial charge in [-0.05, 0) is 46.5 Å². The zero-order chi connectivity index (χ0) is 22.4. The Kier molecular flexibility index (Phi) is 5.97. The lowest BCUT2D eigenvalue weighted by molar-refractivity contribution is 0.0469. The van der Waals surface area contributed by atoms with Crippen molar-refractivity contribution in [1.29, 1.82) is 0 Å². The summed E-state index contributed by atoms with van der Waals surface area (Å²) in [5.74, 6) is 1.09. The van der Waals surface area contributed by atoms with Gasteiger partial charge in [0.2, 0.25) is 16.0 Å². The smallest absolute Gasteiger partial charge is 0.240 e. The van der Waals surface area contributed by atoms with Crippen molar-refractivity contribution < 1.29 is 17.9 Å². The van der Waals surface area contributed by atoms with Crippen LogP contribution in [0.3, 0.4) is 0 Å². The molecular weight excluding hydrogens is 444 g/mol. The van der Waals surface area contributed by atoms with Crippen molar-refractivity contribution in [3.8, 4) is 0 Å². The number of aromatic nitrogens is 5. The van der Waals surface area contributed by atoms with Gasteiger partial charge in [-0.1, -0.05) is 11.6 Å². The van der Waals surface area contributed by atoms with Crippen molar-refractivity contribution >= 4 is 27.6 Å². The molecule has 2 fully saturated rings. The molecule has 3 heterocycles. The Labute approximate surface area is 186 Å². The predicted molar refractivity (Wildman–Crippen MR) is 114 cm³/mol. The molecule has 1 N–H and O–H groups in total. The van der Waals surface area contributed by atoms with Gasteiger partial charge in [-0.15, -0.1) is 10.2 Å². The summed E-state index contributed by atoms with van der Waals surface area (Å²) in [5.41, 5.74) is -0.227. The van der Waals surface area contributed by atoms with Crippen LogP contribution < -0.4 is 4.72 Å². The number of halogens is 1. The Hall–Kier alpha value is -1.82. The van der Waals surface area contributed by atoms with Crippen LogP contribution in [0.1, 0.15) is 70.3 Å². The summed E-state index contributed by atoms with van der Waals surface area (Å²) in [4.78, 5) is 8.22. The van der Waals surface area contributed by atoms with Crippen LogP contribution in [0.15, 0.2) is 12.4 Å². The van der Waals surface area contributed by atoms with Gasteiger partial charge in [0, 0.05) is 25.0 Å². The van der Waals surface area contributed by atoms with Gasteiger partial charge in [-0.2, -0.15) is 0 Å². The molecular formula is C19H27ClN6O4S. The molecule has 0 aromatic carbocycles. The largest absolute Gasteiger partial charge is 0.372 e. The first kappa shape index (κ1) is 22.4. The lowest BCUT2D eigenvalue weighted by Gasteiger charge is -2.24. The summed E-state index contributed by atoms with van der Waals surface area (Å²) < 4.78 is 42.4. The van der Waals surface area contributed by atoms with Gasteiger partial charge in [0.05, 0.1) is 11.1 Å². The molecule has 1 aliphatic carbocycles. The zero-order valence-electron chi connectivity index (χ0n) is 17.9. The molecule has 1 saturated carbocycles. The van der Waals surface area contributed by atoms with Crippen molar-refractivity contribution in [2.24, 2.45) is 0 Å². The second-order valence-corrected chi connectivity index (χ2v) is 11.0. The Bertz CT molecular complexity index is 1040.